The smallest absolute Gasteiger partial charge is 0.199 e. The Labute approximate surface area is 69.4 Å². The first-order valence-corrected chi connectivity index (χ1v) is 3.55. The number of nitrogens with two attached hydrogens (primary N) is 1. The average molecular weight is 172 g/mol. The number of imidazole rings is 1. The van der Waals surface area contributed by atoms with E-state index in [0.717, 1.165) is 0 Å². The minimum atomic E-state index is -0.769. The molecule has 0 aromatic carbocycles. The summed E-state index contributed by atoms with van der Waals surface area (Å²) in [6.45, 7) is -0.00521. The van der Waals surface area contributed by atoms with Crippen LogP contribution in [0.5, 0.6) is 0 Å². The topological polar surface area (TPSA) is 107 Å². The van der Waals surface area contributed by atoms with Crippen molar-refractivity contribution in [3.8, 4) is 0 Å². The number of aromatic amines is 1. The van der Waals surface area contributed by atoms with Crippen molar-refractivity contribution in [2.24, 2.45) is 0 Å². The summed E-state index contributed by atoms with van der Waals surface area (Å²) in [5.74, 6) is 0.941. The predicted octanol–water partition coefficient (Wildman–Crippen LogP) is -1.24. The average Bonchev–Trinajstić information content (AvgIpc) is 2.47. The molecule has 6 N–H and O–H groups in total. The molecule has 0 bridgehead atoms. The maximum atomic E-state index is 8.95. The molecule has 0 saturated carbocycles. The molecule has 6 heteroatoms. The summed E-state index contributed by atoms with van der Waals surface area (Å²) in [5.41, 5.74) is 5.30. The molecule has 0 aliphatic heterocycles. The van der Waals surface area contributed by atoms with Crippen LogP contribution in [-0.4, -0.2) is 39.4 Å². The molecule has 0 aliphatic rings. The van der Waals surface area contributed by atoms with Gasteiger partial charge < -0.3 is 26.2 Å². The molecular weight excluding hydrogens is 160 g/mol. The number of hydrogen-bond acceptors (Lipinski definition) is 5. The first kappa shape index (κ1) is 8.82. The van der Waals surface area contributed by atoms with Gasteiger partial charge >= 0.3 is 0 Å². The lowest BCUT2D eigenvalue weighted by Crippen LogP contribution is -2.23. The molecule has 6 nitrogen and oxygen atoms in total. The van der Waals surface area contributed by atoms with Crippen LogP contribution in [-0.2, 0) is 0 Å². The Kier molecular flexibility index (Phi) is 2.89. The fourth-order valence-corrected chi connectivity index (χ4v) is 0.719. The number of aromatic nitrogens is 2. The molecule has 68 valence electrons. The van der Waals surface area contributed by atoms with Gasteiger partial charge in [-0.3, -0.25) is 0 Å². The van der Waals surface area contributed by atoms with Gasteiger partial charge in [-0.1, -0.05) is 0 Å². The van der Waals surface area contributed by atoms with E-state index >= 15 is 0 Å². The Morgan fingerprint density at radius 1 is 1.75 bits per heavy atom. The SMILES string of the molecule is Nc1ncc(NCC(O)CO)[nH]1. The summed E-state index contributed by atoms with van der Waals surface area (Å²) in [4.78, 5) is 6.45. The summed E-state index contributed by atoms with van der Waals surface area (Å²) in [5, 5.41) is 20.2. The standard InChI is InChI=1S/C6H12N4O2/c7-6-9-2-5(10-6)8-1-4(12)3-11/h2,4,8,11-12H,1,3H2,(H3,7,9,10). The van der Waals surface area contributed by atoms with Crippen molar-refractivity contribution in [3.05, 3.63) is 6.20 Å². The molecule has 12 heavy (non-hydrogen) atoms. The van der Waals surface area contributed by atoms with Gasteiger partial charge in [-0.25, -0.2) is 4.98 Å². The molecule has 1 atom stereocenters. The van der Waals surface area contributed by atoms with Crippen molar-refractivity contribution >= 4 is 11.8 Å². The Morgan fingerprint density at radius 3 is 3.00 bits per heavy atom. The van der Waals surface area contributed by atoms with Crippen molar-refractivity contribution in [2.75, 3.05) is 24.2 Å². The highest BCUT2D eigenvalue weighted by molar-refractivity contribution is 5.38. The zero-order valence-corrected chi connectivity index (χ0v) is 6.49. The van der Waals surface area contributed by atoms with E-state index < -0.39 is 6.10 Å². The van der Waals surface area contributed by atoms with E-state index in [0.29, 0.717) is 11.8 Å². The summed E-state index contributed by atoms with van der Waals surface area (Å²) in [6.07, 6.45) is 0.744. The minimum absolute atomic E-state index is 0.262. The lowest BCUT2D eigenvalue weighted by molar-refractivity contribution is 0.105. The second-order valence-electron chi connectivity index (χ2n) is 2.40. The Balaban J connectivity index is 2.33. The van der Waals surface area contributed by atoms with Gasteiger partial charge in [-0.2, -0.15) is 0 Å². The van der Waals surface area contributed by atoms with Crippen molar-refractivity contribution in [1.29, 1.82) is 0 Å². The number of anilines is 2. The van der Waals surface area contributed by atoms with Crippen molar-refractivity contribution in [1.82, 2.24) is 9.97 Å². The van der Waals surface area contributed by atoms with Gasteiger partial charge in [0.2, 0.25) is 0 Å². The van der Waals surface area contributed by atoms with Crippen molar-refractivity contribution < 1.29 is 10.2 Å². The monoisotopic (exact) mass is 172 g/mol. The van der Waals surface area contributed by atoms with Crippen LogP contribution in [0.15, 0.2) is 6.20 Å². The molecule has 1 aromatic heterocycles. The predicted molar refractivity (Wildman–Crippen MR) is 44.6 cm³/mol. The third-order valence-corrected chi connectivity index (χ3v) is 1.33. The first-order chi connectivity index (χ1) is 5.72. The van der Waals surface area contributed by atoms with Gasteiger partial charge in [-0.05, 0) is 0 Å². The Hall–Kier alpha value is -1.27. The third-order valence-electron chi connectivity index (χ3n) is 1.33. The van der Waals surface area contributed by atoms with Gasteiger partial charge in [0.05, 0.1) is 18.9 Å². The largest absolute Gasteiger partial charge is 0.394 e. The minimum Gasteiger partial charge on any atom is -0.394 e. The van der Waals surface area contributed by atoms with E-state index in [1.54, 1.807) is 0 Å². The number of nitrogens with zero attached hydrogens (tertiary/aromatic N) is 1. The molecule has 0 amide bonds. The molecule has 1 unspecified atom stereocenters. The molecule has 1 rings (SSSR count). The quantitative estimate of drug-likeness (QED) is 0.390. The Morgan fingerprint density at radius 2 is 2.50 bits per heavy atom. The first-order valence-electron chi connectivity index (χ1n) is 3.55. The van der Waals surface area contributed by atoms with Gasteiger partial charge in [0.15, 0.2) is 5.95 Å². The highest BCUT2D eigenvalue weighted by Crippen LogP contribution is 2.03. The summed E-state index contributed by atoms with van der Waals surface area (Å²) >= 11 is 0. The van der Waals surface area contributed by atoms with Crippen LogP contribution in [0.3, 0.4) is 0 Å². The molecule has 1 heterocycles. The van der Waals surface area contributed by atoms with Crippen LogP contribution >= 0.6 is 0 Å². The van der Waals surface area contributed by atoms with Gasteiger partial charge in [0.25, 0.3) is 0 Å². The lowest BCUT2D eigenvalue weighted by atomic mass is 10.4. The molecule has 0 spiro atoms. The normalized spacial score (nSPS) is 12.8. The number of H-pyrrole nitrogens is 1. The van der Waals surface area contributed by atoms with Crippen LogP contribution in [0.4, 0.5) is 11.8 Å². The van der Waals surface area contributed by atoms with Crippen molar-refractivity contribution in [3.63, 3.8) is 0 Å². The molecular formula is C6H12N4O2. The van der Waals surface area contributed by atoms with Crippen LogP contribution in [0.1, 0.15) is 0 Å². The van der Waals surface area contributed by atoms with Gasteiger partial charge in [-0.15, -0.1) is 0 Å². The van der Waals surface area contributed by atoms with Crippen LogP contribution in [0.25, 0.3) is 0 Å². The molecule has 0 saturated heterocycles. The molecule has 1 aromatic rings. The number of hydrogen-bond donors (Lipinski definition) is 5. The van der Waals surface area contributed by atoms with E-state index in [9.17, 15) is 0 Å². The van der Waals surface area contributed by atoms with E-state index in [2.05, 4.69) is 15.3 Å². The van der Waals surface area contributed by atoms with E-state index in [1.165, 1.54) is 6.20 Å². The molecule has 0 aliphatic carbocycles. The highest BCUT2D eigenvalue weighted by Gasteiger charge is 2.01. The number of nitrogen functional groups attached to an aromatic ring is 1. The summed E-state index contributed by atoms with van der Waals surface area (Å²) < 4.78 is 0. The number of nitrogens with one attached hydrogen (secondary N) is 2. The second kappa shape index (κ2) is 3.93. The van der Waals surface area contributed by atoms with E-state index in [1.807, 2.05) is 0 Å². The molecule has 0 fully saturated rings. The van der Waals surface area contributed by atoms with E-state index in [-0.39, 0.29) is 13.2 Å². The zero-order chi connectivity index (χ0) is 8.97. The third kappa shape index (κ3) is 2.40. The summed E-state index contributed by atoms with van der Waals surface area (Å²) in [7, 11) is 0. The van der Waals surface area contributed by atoms with Gasteiger partial charge in [0.1, 0.15) is 5.82 Å². The molecule has 0 radical (unpaired) electrons. The summed E-state index contributed by atoms with van der Waals surface area (Å²) in [6, 6.07) is 0. The lowest BCUT2D eigenvalue weighted by Gasteiger charge is -2.07. The van der Waals surface area contributed by atoms with Crippen LogP contribution < -0.4 is 11.1 Å². The fourth-order valence-electron chi connectivity index (χ4n) is 0.719. The number of aliphatic hydroxyl groups is 2. The van der Waals surface area contributed by atoms with E-state index in [4.69, 9.17) is 15.9 Å². The second-order valence-corrected chi connectivity index (χ2v) is 2.40. The maximum Gasteiger partial charge on any atom is 0.199 e. The highest BCUT2D eigenvalue weighted by atomic mass is 16.3. The zero-order valence-electron chi connectivity index (χ0n) is 6.49. The van der Waals surface area contributed by atoms with Crippen molar-refractivity contribution in [2.45, 2.75) is 6.10 Å². The van der Waals surface area contributed by atoms with Gasteiger partial charge in [0, 0.05) is 6.54 Å². The van der Waals surface area contributed by atoms with Crippen LogP contribution in [0.2, 0.25) is 0 Å². The number of rotatable bonds is 4. The Bertz CT molecular complexity index is 237. The van der Waals surface area contributed by atoms with Crippen LogP contribution in [0, 0.1) is 0 Å². The fraction of sp³-hybridized carbons (Fsp3) is 0.500. The number of aliphatic hydroxyl groups excluding tert-OH is 2. The maximum absolute atomic E-state index is 8.95.